The van der Waals surface area contributed by atoms with E-state index in [1.165, 1.54) is 18.5 Å². The first-order valence-electron chi connectivity index (χ1n) is 2.69. The lowest BCUT2D eigenvalue weighted by molar-refractivity contribution is -0.132. The summed E-state index contributed by atoms with van der Waals surface area (Å²) in [6.45, 7) is 0. The molecule has 0 atom stereocenters. The second-order valence-corrected chi connectivity index (χ2v) is 1.67. The van der Waals surface area contributed by atoms with E-state index in [0.717, 1.165) is 0 Å². The van der Waals surface area contributed by atoms with Crippen LogP contribution in [0.1, 0.15) is 0 Å². The lowest BCUT2D eigenvalue weighted by Gasteiger charge is -1.90. The molecule has 4 nitrogen and oxygen atoms in total. The van der Waals surface area contributed by atoms with Crippen molar-refractivity contribution in [1.29, 1.82) is 0 Å². The van der Waals surface area contributed by atoms with Gasteiger partial charge in [0.15, 0.2) is 0 Å². The summed E-state index contributed by atoms with van der Waals surface area (Å²) in [6.07, 6.45) is 5.82. The topological polar surface area (TPSA) is 61.7 Å². The fraction of sp³-hybridized carbons (Fsp3) is 0. The number of rotatable bonds is 1. The summed E-state index contributed by atoms with van der Waals surface area (Å²) in [5.41, 5.74) is 2.63. The Morgan fingerprint density at radius 1 is 1.70 bits per heavy atom. The van der Waals surface area contributed by atoms with Gasteiger partial charge < -0.3 is 5.11 Å². The Labute approximate surface area is 57.6 Å². The SMILES string of the molecule is O=C(O)C1=CNN=CC=C1. The van der Waals surface area contributed by atoms with Gasteiger partial charge in [0.1, 0.15) is 0 Å². The highest BCUT2D eigenvalue weighted by Crippen LogP contribution is 1.96. The number of carbonyl (C=O) groups is 1. The molecule has 0 aromatic heterocycles. The molecule has 0 bridgehead atoms. The molecule has 0 fully saturated rings. The van der Waals surface area contributed by atoms with E-state index in [0.29, 0.717) is 0 Å². The van der Waals surface area contributed by atoms with Crippen molar-refractivity contribution in [1.82, 2.24) is 5.43 Å². The van der Waals surface area contributed by atoms with E-state index in [9.17, 15) is 4.79 Å². The molecule has 2 N–H and O–H groups in total. The minimum Gasteiger partial charge on any atom is -0.478 e. The number of hydrazone groups is 1. The zero-order chi connectivity index (χ0) is 7.40. The Hall–Kier alpha value is -1.58. The van der Waals surface area contributed by atoms with Gasteiger partial charge in [-0.3, -0.25) is 5.43 Å². The number of carboxylic acids is 1. The second-order valence-electron chi connectivity index (χ2n) is 1.67. The highest BCUT2D eigenvalue weighted by atomic mass is 16.4. The maximum absolute atomic E-state index is 10.3. The predicted molar refractivity (Wildman–Crippen MR) is 36.5 cm³/mol. The summed E-state index contributed by atoms with van der Waals surface area (Å²) < 4.78 is 0. The van der Waals surface area contributed by atoms with Gasteiger partial charge >= 0.3 is 5.97 Å². The highest BCUT2D eigenvalue weighted by Gasteiger charge is 2.01. The number of allylic oxidation sites excluding steroid dienone is 1. The normalized spacial score (nSPS) is 15.4. The van der Waals surface area contributed by atoms with E-state index in [1.54, 1.807) is 6.08 Å². The Balaban J connectivity index is 2.78. The minimum atomic E-state index is -0.964. The predicted octanol–water partition coefficient (Wildman–Crippen LogP) is 0.100. The van der Waals surface area contributed by atoms with Gasteiger partial charge in [0.2, 0.25) is 0 Å². The van der Waals surface area contributed by atoms with Crippen LogP contribution in [0.5, 0.6) is 0 Å². The average molecular weight is 138 g/mol. The van der Waals surface area contributed by atoms with Crippen LogP contribution in [0.3, 0.4) is 0 Å². The molecule has 0 saturated heterocycles. The van der Waals surface area contributed by atoms with E-state index in [-0.39, 0.29) is 5.57 Å². The van der Waals surface area contributed by atoms with E-state index < -0.39 is 5.97 Å². The molecule has 1 heterocycles. The smallest absolute Gasteiger partial charge is 0.337 e. The Kier molecular flexibility index (Phi) is 1.84. The van der Waals surface area contributed by atoms with Crippen molar-refractivity contribution in [3.05, 3.63) is 23.9 Å². The number of nitrogens with one attached hydrogen (secondary N) is 1. The van der Waals surface area contributed by atoms with Gasteiger partial charge in [0.05, 0.1) is 5.57 Å². The van der Waals surface area contributed by atoms with Crippen molar-refractivity contribution >= 4 is 12.2 Å². The second kappa shape index (κ2) is 2.82. The molecule has 52 valence electrons. The molecular weight excluding hydrogens is 132 g/mol. The monoisotopic (exact) mass is 138 g/mol. The molecule has 0 amide bonds. The third-order valence-corrected chi connectivity index (χ3v) is 0.978. The van der Waals surface area contributed by atoms with Crippen LogP contribution in [0.15, 0.2) is 29.0 Å². The molecule has 0 saturated carbocycles. The molecule has 1 rings (SSSR count). The van der Waals surface area contributed by atoms with Gasteiger partial charge in [-0.05, 0) is 12.2 Å². The molecule has 0 spiro atoms. The minimum absolute atomic E-state index is 0.192. The molecule has 0 aliphatic carbocycles. The molecule has 0 aromatic carbocycles. The zero-order valence-corrected chi connectivity index (χ0v) is 5.11. The molecule has 4 heteroatoms. The summed E-state index contributed by atoms with van der Waals surface area (Å²) in [4.78, 5) is 10.3. The Bertz CT molecular complexity index is 228. The molecule has 1 aliphatic heterocycles. The molecule has 10 heavy (non-hydrogen) atoms. The first-order chi connectivity index (χ1) is 4.80. The van der Waals surface area contributed by atoms with Crippen LogP contribution < -0.4 is 5.43 Å². The zero-order valence-electron chi connectivity index (χ0n) is 5.11. The van der Waals surface area contributed by atoms with E-state index >= 15 is 0 Å². The molecule has 1 aliphatic rings. The van der Waals surface area contributed by atoms with E-state index in [4.69, 9.17) is 5.11 Å². The van der Waals surface area contributed by atoms with Crippen molar-refractivity contribution in [2.75, 3.05) is 0 Å². The van der Waals surface area contributed by atoms with Gasteiger partial charge in [0.25, 0.3) is 0 Å². The maximum atomic E-state index is 10.3. The van der Waals surface area contributed by atoms with E-state index in [1.807, 2.05) is 0 Å². The molecule has 0 radical (unpaired) electrons. The van der Waals surface area contributed by atoms with Gasteiger partial charge in [-0.25, -0.2) is 4.79 Å². The lowest BCUT2D eigenvalue weighted by atomic mass is 10.3. The largest absolute Gasteiger partial charge is 0.478 e. The third-order valence-electron chi connectivity index (χ3n) is 0.978. The van der Waals surface area contributed by atoms with Crippen LogP contribution >= 0.6 is 0 Å². The fourth-order valence-corrected chi connectivity index (χ4v) is 0.521. The number of aliphatic carboxylic acids is 1. The summed E-state index contributed by atoms with van der Waals surface area (Å²) >= 11 is 0. The first-order valence-corrected chi connectivity index (χ1v) is 2.69. The van der Waals surface area contributed by atoms with Crippen LogP contribution in [0.4, 0.5) is 0 Å². The van der Waals surface area contributed by atoms with E-state index in [2.05, 4.69) is 10.5 Å². The van der Waals surface area contributed by atoms with Crippen molar-refractivity contribution < 1.29 is 9.90 Å². The number of nitrogens with zero attached hydrogens (tertiary/aromatic N) is 1. The first kappa shape index (κ1) is 6.54. The standard InChI is InChI=1S/C6H6N2O2/c9-6(10)5-2-1-3-7-8-4-5/h1-4,8H,(H,9,10). The molecule has 0 unspecified atom stereocenters. The van der Waals surface area contributed by atoms with Crippen molar-refractivity contribution in [3.63, 3.8) is 0 Å². The van der Waals surface area contributed by atoms with Crippen LogP contribution in [0, 0.1) is 0 Å². The van der Waals surface area contributed by atoms with Crippen LogP contribution in [0.2, 0.25) is 0 Å². The summed E-state index contributed by atoms with van der Waals surface area (Å²) in [5.74, 6) is -0.964. The Morgan fingerprint density at radius 3 is 3.20 bits per heavy atom. The molecule has 0 aromatic rings. The average Bonchev–Trinajstić information content (AvgIpc) is 2.12. The van der Waals surface area contributed by atoms with Crippen LogP contribution in [0.25, 0.3) is 0 Å². The van der Waals surface area contributed by atoms with Crippen LogP contribution in [-0.2, 0) is 4.79 Å². The Morgan fingerprint density at radius 2 is 2.50 bits per heavy atom. The number of hydrogen-bond acceptors (Lipinski definition) is 3. The third kappa shape index (κ3) is 1.45. The van der Waals surface area contributed by atoms with Gasteiger partial charge in [-0.2, -0.15) is 5.10 Å². The van der Waals surface area contributed by atoms with Crippen LogP contribution in [-0.4, -0.2) is 17.3 Å². The van der Waals surface area contributed by atoms with Gasteiger partial charge in [-0.1, -0.05) is 0 Å². The van der Waals surface area contributed by atoms with Gasteiger partial charge in [0, 0.05) is 12.4 Å². The summed E-state index contributed by atoms with van der Waals surface area (Å²) in [5, 5.41) is 12.1. The van der Waals surface area contributed by atoms with Crippen molar-refractivity contribution in [2.45, 2.75) is 0 Å². The highest BCUT2D eigenvalue weighted by molar-refractivity contribution is 5.91. The lowest BCUT2D eigenvalue weighted by Crippen LogP contribution is -2.01. The number of hydrogen-bond donors (Lipinski definition) is 2. The van der Waals surface area contributed by atoms with Crippen molar-refractivity contribution in [3.8, 4) is 0 Å². The number of carboxylic acid groups (broad SMARTS) is 1. The summed E-state index contributed by atoms with van der Waals surface area (Å²) in [7, 11) is 0. The quantitative estimate of drug-likeness (QED) is 0.540. The summed E-state index contributed by atoms with van der Waals surface area (Å²) in [6, 6.07) is 0. The van der Waals surface area contributed by atoms with Gasteiger partial charge in [-0.15, -0.1) is 0 Å². The van der Waals surface area contributed by atoms with Crippen molar-refractivity contribution in [2.24, 2.45) is 5.10 Å². The molecular formula is C6H6N2O2. The fourth-order valence-electron chi connectivity index (χ4n) is 0.521. The maximum Gasteiger partial charge on any atom is 0.337 e.